The predicted molar refractivity (Wildman–Crippen MR) is 64.5 cm³/mol. The second-order valence-electron chi connectivity index (χ2n) is 3.76. The number of carbonyl (C=O) groups is 1. The molecule has 0 aliphatic heterocycles. The highest BCUT2D eigenvalue weighted by molar-refractivity contribution is 5.72. The number of nitro groups is 1. The van der Waals surface area contributed by atoms with Crippen LogP contribution in [0.15, 0.2) is 6.07 Å². The maximum Gasteiger partial charge on any atom is 0.573 e. The number of alkyl halides is 3. The maximum absolute atomic E-state index is 12.3. The molecule has 22 heavy (non-hydrogen) atoms. The quantitative estimate of drug-likeness (QED) is 0.448. The van der Waals surface area contributed by atoms with Crippen LogP contribution in [0.25, 0.3) is 0 Å². The highest BCUT2D eigenvalue weighted by Gasteiger charge is 2.36. The lowest BCUT2D eigenvalue weighted by atomic mass is 10.2. The van der Waals surface area contributed by atoms with Crippen molar-refractivity contribution in [3.8, 4) is 11.5 Å². The number of esters is 1. The highest BCUT2D eigenvalue weighted by Crippen LogP contribution is 2.38. The summed E-state index contributed by atoms with van der Waals surface area (Å²) in [7, 11) is 0.929. The molecule has 0 bridgehead atoms. The number of hydrogen-bond donors (Lipinski definition) is 0. The van der Waals surface area contributed by atoms with Gasteiger partial charge in [0.25, 0.3) is 5.75 Å². The molecule has 0 amide bonds. The zero-order valence-corrected chi connectivity index (χ0v) is 11.5. The number of aromatic nitrogens is 1. The SMILES string of the molecule is CCOC(=O)Cc1cc(OC(F)(F)F)c(OC)c([N+](=O)[O-])n1. The molecular weight excluding hydrogens is 313 g/mol. The molecule has 1 aromatic heterocycles. The van der Waals surface area contributed by atoms with Crippen LogP contribution in [-0.2, 0) is 16.0 Å². The van der Waals surface area contributed by atoms with Gasteiger partial charge in [-0.2, -0.15) is 0 Å². The van der Waals surface area contributed by atoms with E-state index in [1.807, 2.05) is 0 Å². The Morgan fingerprint density at radius 1 is 1.45 bits per heavy atom. The van der Waals surface area contributed by atoms with Crippen LogP contribution in [-0.4, -0.2) is 36.0 Å². The van der Waals surface area contributed by atoms with Crippen molar-refractivity contribution in [2.75, 3.05) is 13.7 Å². The molecule has 0 fully saturated rings. The summed E-state index contributed by atoms with van der Waals surface area (Å²) < 4.78 is 49.9. The Kier molecular flexibility index (Phi) is 5.49. The molecule has 0 unspecified atom stereocenters. The van der Waals surface area contributed by atoms with Gasteiger partial charge >= 0.3 is 18.1 Å². The molecule has 0 radical (unpaired) electrons. The van der Waals surface area contributed by atoms with Crippen LogP contribution in [0.2, 0.25) is 0 Å². The second-order valence-corrected chi connectivity index (χ2v) is 3.76. The van der Waals surface area contributed by atoms with E-state index < -0.39 is 41.0 Å². The normalized spacial score (nSPS) is 11.0. The van der Waals surface area contributed by atoms with Crippen molar-refractivity contribution in [2.45, 2.75) is 19.7 Å². The van der Waals surface area contributed by atoms with Gasteiger partial charge in [-0.1, -0.05) is 0 Å². The van der Waals surface area contributed by atoms with Gasteiger partial charge in [0, 0.05) is 6.07 Å². The minimum absolute atomic E-state index is 0.0446. The number of methoxy groups -OCH3 is 1. The van der Waals surface area contributed by atoms with Gasteiger partial charge < -0.3 is 24.3 Å². The molecule has 0 saturated heterocycles. The van der Waals surface area contributed by atoms with Crippen LogP contribution in [0.3, 0.4) is 0 Å². The number of pyridine rings is 1. The molecule has 0 spiro atoms. The Morgan fingerprint density at radius 2 is 2.09 bits per heavy atom. The molecular formula is C11H11F3N2O6. The van der Waals surface area contributed by atoms with E-state index in [-0.39, 0.29) is 12.3 Å². The fourth-order valence-electron chi connectivity index (χ4n) is 1.51. The van der Waals surface area contributed by atoms with Gasteiger partial charge in [-0.05, 0) is 16.8 Å². The van der Waals surface area contributed by atoms with Crippen LogP contribution < -0.4 is 9.47 Å². The summed E-state index contributed by atoms with van der Waals surface area (Å²) in [6.07, 6.45) is -5.64. The fourth-order valence-corrected chi connectivity index (χ4v) is 1.51. The third-order valence-corrected chi connectivity index (χ3v) is 2.21. The zero-order chi connectivity index (χ0) is 16.9. The third kappa shape index (κ3) is 4.75. The molecule has 0 aromatic carbocycles. The van der Waals surface area contributed by atoms with E-state index >= 15 is 0 Å². The molecule has 8 nitrogen and oxygen atoms in total. The van der Waals surface area contributed by atoms with E-state index in [4.69, 9.17) is 0 Å². The van der Waals surface area contributed by atoms with Crippen LogP contribution in [0.4, 0.5) is 19.0 Å². The molecule has 122 valence electrons. The molecule has 0 N–H and O–H groups in total. The van der Waals surface area contributed by atoms with E-state index in [9.17, 15) is 28.1 Å². The Labute approximate surface area is 121 Å². The van der Waals surface area contributed by atoms with Crippen molar-refractivity contribution < 1.29 is 37.1 Å². The average molecular weight is 324 g/mol. The zero-order valence-electron chi connectivity index (χ0n) is 11.5. The first kappa shape index (κ1) is 17.5. The summed E-state index contributed by atoms with van der Waals surface area (Å²) in [5.74, 6) is -3.55. The molecule has 1 rings (SSSR count). The molecule has 1 aromatic rings. The minimum atomic E-state index is -5.09. The number of nitrogens with zero attached hydrogens (tertiary/aromatic N) is 2. The fraction of sp³-hybridized carbons (Fsp3) is 0.455. The van der Waals surface area contributed by atoms with Gasteiger partial charge in [-0.25, -0.2) is 0 Å². The van der Waals surface area contributed by atoms with Crippen molar-refractivity contribution in [3.63, 3.8) is 0 Å². The average Bonchev–Trinajstić information content (AvgIpc) is 2.36. The van der Waals surface area contributed by atoms with E-state index in [1.165, 1.54) is 6.92 Å². The number of halogens is 3. The van der Waals surface area contributed by atoms with Crippen molar-refractivity contribution >= 4 is 11.8 Å². The van der Waals surface area contributed by atoms with Crippen LogP contribution in [0.5, 0.6) is 11.5 Å². The first-order valence-electron chi connectivity index (χ1n) is 5.81. The molecule has 11 heteroatoms. The maximum atomic E-state index is 12.3. The first-order chi connectivity index (χ1) is 10.2. The molecule has 0 atom stereocenters. The minimum Gasteiger partial charge on any atom is -0.486 e. The summed E-state index contributed by atoms with van der Waals surface area (Å²) in [5, 5.41) is 10.9. The number of hydrogen-bond acceptors (Lipinski definition) is 7. The Bertz CT molecular complexity index is 576. The monoisotopic (exact) mass is 324 g/mol. The van der Waals surface area contributed by atoms with Crippen LogP contribution in [0.1, 0.15) is 12.6 Å². The lowest BCUT2D eigenvalue weighted by Gasteiger charge is -2.12. The number of ether oxygens (including phenoxy) is 3. The topological polar surface area (TPSA) is 101 Å². The summed E-state index contributed by atoms with van der Waals surface area (Å²) in [6.45, 7) is 1.57. The standard InChI is InChI=1S/C11H11F3N2O6/c1-3-21-8(17)5-6-4-7(22-11(12,13)14)9(20-2)10(15-6)16(18)19/h4H,3,5H2,1-2H3. The van der Waals surface area contributed by atoms with Crippen molar-refractivity contribution in [1.82, 2.24) is 4.98 Å². The summed E-state index contributed by atoms with van der Waals surface area (Å²) in [4.78, 5) is 24.6. The van der Waals surface area contributed by atoms with E-state index in [0.29, 0.717) is 0 Å². The van der Waals surface area contributed by atoms with Gasteiger partial charge in [0.2, 0.25) is 0 Å². The predicted octanol–water partition coefficient (Wildman–Crippen LogP) is 2.00. The van der Waals surface area contributed by atoms with Crippen LogP contribution in [0, 0.1) is 10.1 Å². The molecule has 0 aliphatic rings. The van der Waals surface area contributed by atoms with E-state index in [1.54, 1.807) is 0 Å². The third-order valence-electron chi connectivity index (χ3n) is 2.21. The van der Waals surface area contributed by atoms with Crippen molar-refractivity contribution in [3.05, 3.63) is 21.9 Å². The van der Waals surface area contributed by atoms with Gasteiger partial charge in [0.15, 0.2) is 11.4 Å². The van der Waals surface area contributed by atoms with E-state index in [0.717, 1.165) is 13.2 Å². The summed E-state index contributed by atoms with van der Waals surface area (Å²) >= 11 is 0. The Morgan fingerprint density at radius 3 is 2.55 bits per heavy atom. The second kappa shape index (κ2) is 6.91. The molecule has 0 aliphatic carbocycles. The van der Waals surface area contributed by atoms with Crippen molar-refractivity contribution in [2.24, 2.45) is 0 Å². The Hall–Kier alpha value is -2.59. The van der Waals surface area contributed by atoms with Gasteiger partial charge in [-0.3, -0.25) is 4.79 Å². The van der Waals surface area contributed by atoms with Gasteiger partial charge in [0.05, 0.1) is 13.7 Å². The first-order valence-corrected chi connectivity index (χ1v) is 5.81. The smallest absolute Gasteiger partial charge is 0.486 e. The highest BCUT2D eigenvalue weighted by atomic mass is 19.4. The number of rotatable bonds is 6. The number of carbonyl (C=O) groups excluding carboxylic acids is 1. The van der Waals surface area contributed by atoms with Crippen LogP contribution >= 0.6 is 0 Å². The van der Waals surface area contributed by atoms with Gasteiger partial charge in [0.1, 0.15) is 6.42 Å². The molecule has 0 saturated carbocycles. The van der Waals surface area contributed by atoms with E-state index in [2.05, 4.69) is 19.2 Å². The Balaban J connectivity index is 3.30. The largest absolute Gasteiger partial charge is 0.573 e. The lowest BCUT2D eigenvalue weighted by Crippen LogP contribution is -2.19. The molecule has 1 heterocycles. The lowest BCUT2D eigenvalue weighted by molar-refractivity contribution is -0.390. The van der Waals surface area contributed by atoms with Gasteiger partial charge in [-0.15, -0.1) is 13.2 Å². The summed E-state index contributed by atoms with van der Waals surface area (Å²) in [5.41, 5.74) is -0.315. The summed E-state index contributed by atoms with van der Waals surface area (Å²) in [6, 6.07) is 0.732. The van der Waals surface area contributed by atoms with Crippen molar-refractivity contribution in [1.29, 1.82) is 0 Å².